The van der Waals surface area contributed by atoms with E-state index in [1.807, 2.05) is 13.8 Å². The molecule has 0 radical (unpaired) electrons. The number of rotatable bonds is 4. The van der Waals surface area contributed by atoms with Gasteiger partial charge in [0.05, 0.1) is 5.69 Å². The zero-order valence-electron chi connectivity index (χ0n) is 10.6. The van der Waals surface area contributed by atoms with Gasteiger partial charge >= 0.3 is 0 Å². The molecule has 1 amide bonds. The Balaban J connectivity index is 2.60. The molecule has 4 N–H and O–H groups in total. The lowest BCUT2D eigenvalue weighted by atomic mass is 10.00. The van der Waals surface area contributed by atoms with Crippen LogP contribution in [0.3, 0.4) is 0 Å². The molecule has 1 rings (SSSR count). The number of phenols is 1. The first-order chi connectivity index (χ1) is 7.79. The van der Waals surface area contributed by atoms with E-state index in [-0.39, 0.29) is 17.2 Å². The predicted octanol–water partition coefficient (Wildman–Crippen LogP) is 2.16. The average molecular weight is 236 g/mol. The molecule has 94 valence electrons. The molecular weight excluding hydrogens is 216 g/mol. The maximum Gasteiger partial charge on any atom is 0.224 e. The van der Waals surface area contributed by atoms with Gasteiger partial charge < -0.3 is 16.2 Å². The van der Waals surface area contributed by atoms with Crippen LogP contribution >= 0.6 is 0 Å². The van der Waals surface area contributed by atoms with Crippen LogP contribution in [0.1, 0.15) is 32.3 Å². The van der Waals surface area contributed by atoms with Crippen molar-refractivity contribution in [3.05, 3.63) is 23.8 Å². The lowest BCUT2D eigenvalue weighted by molar-refractivity contribution is -0.116. The summed E-state index contributed by atoms with van der Waals surface area (Å²) in [6.07, 6.45) is 0.947. The van der Waals surface area contributed by atoms with Crippen molar-refractivity contribution in [1.29, 1.82) is 0 Å². The van der Waals surface area contributed by atoms with E-state index in [0.717, 1.165) is 5.56 Å². The molecule has 0 atom stereocenters. The van der Waals surface area contributed by atoms with Crippen molar-refractivity contribution in [2.24, 2.45) is 5.73 Å². The predicted molar refractivity (Wildman–Crippen MR) is 69.0 cm³/mol. The number of phenolic OH excluding ortho intramolecular Hbond substituents is 1. The van der Waals surface area contributed by atoms with Crippen LogP contribution < -0.4 is 11.1 Å². The van der Waals surface area contributed by atoms with Crippen LogP contribution in [0.5, 0.6) is 5.75 Å². The van der Waals surface area contributed by atoms with Gasteiger partial charge in [-0.1, -0.05) is 12.1 Å². The molecule has 0 bridgehead atoms. The lowest BCUT2D eigenvalue weighted by Gasteiger charge is -2.17. The molecule has 0 aliphatic rings. The molecule has 4 heteroatoms. The van der Waals surface area contributed by atoms with Crippen molar-refractivity contribution in [1.82, 2.24) is 0 Å². The Kier molecular flexibility index (Phi) is 4.12. The molecular formula is C13H20N2O2. The Hall–Kier alpha value is -1.55. The van der Waals surface area contributed by atoms with Crippen molar-refractivity contribution in [2.75, 3.05) is 5.32 Å². The van der Waals surface area contributed by atoms with Gasteiger partial charge in [0.1, 0.15) is 5.75 Å². The van der Waals surface area contributed by atoms with Gasteiger partial charge in [0.25, 0.3) is 0 Å². The van der Waals surface area contributed by atoms with Gasteiger partial charge in [-0.15, -0.1) is 0 Å². The van der Waals surface area contributed by atoms with E-state index in [9.17, 15) is 9.90 Å². The fraction of sp³-hybridized carbons (Fsp3) is 0.462. The first-order valence-electron chi connectivity index (χ1n) is 5.67. The summed E-state index contributed by atoms with van der Waals surface area (Å²) in [4.78, 5) is 11.6. The first kappa shape index (κ1) is 13.5. The number of benzene rings is 1. The second kappa shape index (κ2) is 5.19. The minimum Gasteiger partial charge on any atom is -0.505 e. The topological polar surface area (TPSA) is 75.4 Å². The quantitative estimate of drug-likeness (QED) is 0.701. The van der Waals surface area contributed by atoms with Gasteiger partial charge in [-0.25, -0.2) is 0 Å². The van der Waals surface area contributed by atoms with Gasteiger partial charge in [-0.05, 0) is 38.8 Å². The van der Waals surface area contributed by atoms with Crippen LogP contribution in [0.2, 0.25) is 0 Å². The standard InChI is InChI=1S/C13H20N2O2/c1-9-5-4-6-10(12(9)17)15-11(16)7-8-13(2,3)14/h4-6,17H,7-8,14H2,1-3H3,(H,15,16). The monoisotopic (exact) mass is 236 g/mol. The summed E-state index contributed by atoms with van der Waals surface area (Å²) in [6.45, 7) is 5.54. The molecule has 0 aliphatic heterocycles. The van der Waals surface area contributed by atoms with Crippen molar-refractivity contribution in [3.8, 4) is 5.75 Å². The Labute approximate surface area is 102 Å². The molecule has 0 aliphatic carbocycles. The van der Waals surface area contributed by atoms with Gasteiger partial charge in [0, 0.05) is 12.0 Å². The summed E-state index contributed by atoms with van der Waals surface area (Å²) in [5, 5.41) is 12.4. The molecule has 1 aromatic rings. The molecule has 0 aromatic heterocycles. The number of nitrogens with one attached hydrogen (secondary N) is 1. The minimum atomic E-state index is -0.355. The van der Waals surface area contributed by atoms with Crippen molar-refractivity contribution < 1.29 is 9.90 Å². The van der Waals surface area contributed by atoms with Crippen LogP contribution in [0.25, 0.3) is 0 Å². The van der Waals surface area contributed by atoms with Gasteiger partial charge in [-0.2, -0.15) is 0 Å². The third-order valence-corrected chi connectivity index (χ3v) is 2.51. The summed E-state index contributed by atoms with van der Waals surface area (Å²) >= 11 is 0. The molecule has 0 saturated carbocycles. The number of carbonyl (C=O) groups excluding carboxylic acids is 1. The molecule has 0 saturated heterocycles. The maximum absolute atomic E-state index is 11.6. The molecule has 0 unspecified atom stereocenters. The largest absolute Gasteiger partial charge is 0.505 e. The molecule has 0 heterocycles. The first-order valence-corrected chi connectivity index (χ1v) is 5.67. The molecule has 1 aromatic carbocycles. The highest BCUT2D eigenvalue weighted by Gasteiger charge is 2.14. The second-order valence-corrected chi connectivity index (χ2v) is 5.01. The summed E-state index contributed by atoms with van der Waals surface area (Å²) in [6, 6.07) is 5.25. The van der Waals surface area contributed by atoms with Gasteiger partial charge in [0.2, 0.25) is 5.91 Å². The van der Waals surface area contributed by atoms with Crippen LogP contribution in [0.15, 0.2) is 18.2 Å². The van der Waals surface area contributed by atoms with Crippen LogP contribution in [0.4, 0.5) is 5.69 Å². The average Bonchev–Trinajstić information content (AvgIpc) is 2.21. The van der Waals surface area contributed by atoms with Crippen LogP contribution in [0, 0.1) is 6.92 Å². The normalized spacial score (nSPS) is 11.3. The number of hydrogen-bond acceptors (Lipinski definition) is 3. The fourth-order valence-electron chi connectivity index (χ4n) is 1.41. The summed E-state index contributed by atoms with van der Waals surface area (Å²) in [7, 11) is 0. The Morgan fingerprint density at radius 2 is 2.12 bits per heavy atom. The number of anilines is 1. The third-order valence-electron chi connectivity index (χ3n) is 2.51. The Morgan fingerprint density at radius 3 is 2.71 bits per heavy atom. The molecule has 0 fully saturated rings. The van der Waals surface area contributed by atoms with Gasteiger partial charge in [0.15, 0.2) is 0 Å². The van der Waals surface area contributed by atoms with Crippen LogP contribution in [-0.2, 0) is 4.79 Å². The number of aromatic hydroxyl groups is 1. The zero-order valence-corrected chi connectivity index (χ0v) is 10.6. The number of carbonyl (C=O) groups is 1. The number of hydrogen-bond donors (Lipinski definition) is 3. The minimum absolute atomic E-state index is 0.118. The van der Waals surface area contributed by atoms with E-state index >= 15 is 0 Å². The van der Waals surface area contributed by atoms with Crippen LogP contribution in [-0.4, -0.2) is 16.6 Å². The summed E-state index contributed by atoms with van der Waals surface area (Å²) in [5.41, 5.74) is 6.63. The molecule has 17 heavy (non-hydrogen) atoms. The SMILES string of the molecule is Cc1cccc(NC(=O)CCC(C)(C)N)c1O. The highest BCUT2D eigenvalue weighted by molar-refractivity contribution is 5.92. The van der Waals surface area contributed by atoms with E-state index in [4.69, 9.17) is 5.73 Å². The van der Waals surface area contributed by atoms with E-state index in [0.29, 0.717) is 18.5 Å². The van der Waals surface area contributed by atoms with E-state index in [2.05, 4.69) is 5.32 Å². The zero-order chi connectivity index (χ0) is 13.1. The summed E-state index contributed by atoms with van der Waals surface area (Å²) in [5.74, 6) is -0.0164. The maximum atomic E-state index is 11.6. The number of amides is 1. The Morgan fingerprint density at radius 1 is 1.47 bits per heavy atom. The number of aryl methyl sites for hydroxylation is 1. The molecule has 4 nitrogen and oxygen atoms in total. The third kappa shape index (κ3) is 4.44. The highest BCUT2D eigenvalue weighted by atomic mass is 16.3. The van der Waals surface area contributed by atoms with Crippen molar-refractivity contribution >= 4 is 11.6 Å². The van der Waals surface area contributed by atoms with E-state index in [1.54, 1.807) is 25.1 Å². The lowest BCUT2D eigenvalue weighted by Crippen LogP contribution is -2.33. The fourth-order valence-corrected chi connectivity index (χ4v) is 1.41. The second-order valence-electron chi connectivity index (χ2n) is 5.01. The van der Waals surface area contributed by atoms with Crippen molar-refractivity contribution in [3.63, 3.8) is 0 Å². The number of para-hydroxylation sites is 1. The van der Waals surface area contributed by atoms with Crippen molar-refractivity contribution in [2.45, 2.75) is 39.2 Å². The number of nitrogens with two attached hydrogens (primary N) is 1. The van der Waals surface area contributed by atoms with Gasteiger partial charge in [-0.3, -0.25) is 4.79 Å². The Bertz CT molecular complexity index is 408. The van der Waals surface area contributed by atoms with E-state index < -0.39 is 0 Å². The smallest absolute Gasteiger partial charge is 0.224 e. The van der Waals surface area contributed by atoms with E-state index in [1.165, 1.54) is 0 Å². The highest BCUT2D eigenvalue weighted by Crippen LogP contribution is 2.26. The molecule has 0 spiro atoms. The summed E-state index contributed by atoms with van der Waals surface area (Å²) < 4.78 is 0.